The lowest BCUT2D eigenvalue weighted by Gasteiger charge is -2.32. The number of piperazine rings is 1. The third-order valence-corrected chi connectivity index (χ3v) is 5.15. The SMILES string of the molecule is CN1CCN(CCCC(=O)Nc2n[nH]c3cc(-c4ccoc4)ccc23)CC1. The smallest absolute Gasteiger partial charge is 0.225 e. The summed E-state index contributed by atoms with van der Waals surface area (Å²) in [5.74, 6) is 0.602. The number of carbonyl (C=O) groups excluding carboxylic acids is 1. The molecular weight excluding hydrogens is 342 g/mol. The van der Waals surface area contributed by atoms with Crippen LogP contribution in [0, 0.1) is 0 Å². The van der Waals surface area contributed by atoms with E-state index in [1.807, 2.05) is 24.3 Å². The van der Waals surface area contributed by atoms with E-state index < -0.39 is 0 Å². The van der Waals surface area contributed by atoms with Crippen molar-refractivity contribution in [3.8, 4) is 11.1 Å². The van der Waals surface area contributed by atoms with Crippen molar-refractivity contribution in [1.82, 2.24) is 20.0 Å². The standard InChI is InChI=1S/C20H25N5O2/c1-24-8-10-25(11-9-24)7-2-3-19(26)21-20-17-5-4-15(13-18(17)22-23-20)16-6-12-27-14-16/h4-6,12-14H,2-3,7-11H2,1H3,(H2,21,22,23,26). The van der Waals surface area contributed by atoms with Crippen molar-refractivity contribution in [2.24, 2.45) is 0 Å². The zero-order valence-corrected chi connectivity index (χ0v) is 15.6. The Kier molecular flexibility index (Phi) is 5.22. The Morgan fingerprint density at radius 3 is 2.85 bits per heavy atom. The largest absolute Gasteiger partial charge is 0.472 e. The van der Waals surface area contributed by atoms with Gasteiger partial charge in [-0.05, 0) is 43.8 Å². The van der Waals surface area contributed by atoms with Crippen molar-refractivity contribution in [3.05, 3.63) is 36.8 Å². The summed E-state index contributed by atoms with van der Waals surface area (Å²) in [5.41, 5.74) is 2.95. The number of likely N-dealkylation sites (N-methyl/N-ethyl adjacent to an activating group) is 1. The molecule has 7 nitrogen and oxygen atoms in total. The van der Waals surface area contributed by atoms with Crippen LogP contribution in [0.25, 0.3) is 22.0 Å². The molecule has 1 aliphatic heterocycles. The summed E-state index contributed by atoms with van der Waals surface area (Å²) in [7, 11) is 2.15. The molecular formula is C20H25N5O2. The lowest BCUT2D eigenvalue weighted by molar-refractivity contribution is -0.116. The number of aromatic nitrogens is 2. The highest BCUT2D eigenvalue weighted by Gasteiger charge is 2.14. The molecule has 0 bridgehead atoms. The van der Waals surface area contributed by atoms with Crippen LogP contribution in [0.15, 0.2) is 41.2 Å². The molecule has 1 aromatic carbocycles. The van der Waals surface area contributed by atoms with Gasteiger partial charge in [-0.2, -0.15) is 5.10 Å². The minimum Gasteiger partial charge on any atom is -0.472 e. The fraction of sp³-hybridized carbons (Fsp3) is 0.400. The Balaban J connectivity index is 1.32. The third kappa shape index (κ3) is 4.20. The van der Waals surface area contributed by atoms with Crippen molar-refractivity contribution < 1.29 is 9.21 Å². The van der Waals surface area contributed by atoms with Gasteiger partial charge in [0.05, 0.1) is 18.0 Å². The molecule has 142 valence electrons. The molecule has 0 unspecified atom stereocenters. The number of furan rings is 1. The van der Waals surface area contributed by atoms with Gasteiger partial charge in [0.1, 0.15) is 0 Å². The number of amides is 1. The maximum Gasteiger partial charge on any atom is 0.225 e. The van der Waals surface area contributed by atoms with Crippen LogP contribution in [-0.2, 0) is 4.79 Å². The van der Waals surface area contributed by atoms with Crippen LogP contribution in [0.5, 0.6) is 0 Å². The van der Waals surface area contributed by atoms with Gasteiger partial charge in [0, 0.05) is 43.5 Å². The van der Waals surface area contributed by atoms with Gasteiger partial charge in [0.2, 0.25) is 5.91 Å². The number of aromatic amines is 1. The Morgan fingerprint density at radius 1 is 1.22 bits per heavy atom. The van der Waals surface area contributed by atoms with E-state index in [0.717, 1.165) is 61.2 Å². The van der Waals surface area contributed by atoms with E-state index in [1.54, 1.807) is 12.5 Å². The number of nitrogens with zero attached hydrogens (tertiary/aromatic N) is 3. The molecule has 1 fully saturated rings. The quantitative estimate of drug-likeness (QED) is 0.701. The second-order valence-corrected chi connectivity index (χ2v) is 7.14. The summed E-state index contributed by atoms with van der Waals surface area (Å²) < 4.78 is 5.14. The molecule has 0 radical (unpaired) electrons. The summed E-state index contributed by atoms with van der Waals surface area (Å²) in [6, 6.07) is 7.91. The van der Waals surface area contributed by atoms with Crippen molar-refractivity contribution >= 4 is 22.6 Å². The lowest BCUT2D eigenvalue weighted by atomic mass is 10.1. The zero-order valence-electron chi connectivity index (χ0n) is 15.6. The van der Waals surface area contributed by atoms with Gasteiger partial charge in [0.15, 0.2) is 5.82 Å². The molecule has 0 atom stereocenters. The van der Waals surface area contributed by atoms with Crippen LogP contribution in [0.4, 0.5) is 5.82 Å². The minimum atomic E-state index is 0.0106. The van der Waals surface area contributed by atoms with Gasteiger partial charge in [0.25, 0.3) is 0 Å². The first-order chi connectivity index (χ1) is 13.2. The maximum atomic E-state index is 12.3. The van der Waals surface area contributed by atoms with E-state index in [9.17, 15) is 4.79 Å². The molecule has 27 heavy (non-hydrogen) atoms. The van der Waals surface area contributed by atoms with E-state index in [1.165, 1.54) is 0 Å². The molecule has 2 aromatic heterocycles. The molecule has 4 rings (SSSR count). The number of anilines is 1. The average molecular weight is 367 g/mol. The van der Waals surface area contributed by atoms with Crippen molar-refractivity contribution in [2.45, 2.75) is 12.8 Å². The highest BCUT2D eigenvalue weighted by Crippen LogP contribution is 2.27. The summed E-state index contributed by atoms with van der Waals surface area (Å²) in [4.78, 5) is 17.1. The number of carbonyl (C=O) groups is 1. The van der Waals surface area contributed by atoms with E-state index in [2.05, 4.69) is 32.4 Å². The van der Waals surface area contributed by atoms with Crippen LogP contribution in [0.3, 0.4) is 0 Å². The number of H-pyrrole nitrogens is 1. The van der Waals surface area contributed by atoms with Crippen molar-refractivity contribution in [2.75, 3.05) is 45.1 Å². The average Bonchev–Trinajstić information content (AvgIpc) is 3.33. The first kappa shape index (κ1) is 17.8. The van der Waals surface area contributed by atoms with Gasteiger partial charge in [-0.15, -0.1) is 0 Å². The molecule has 0 saturated carbocycles. The minimum absolute atomic E-state index is 0.0106. The van der Waals surface area contributed by atoms with Crippen molar-refractivity contribution in [3.63, 3.8) is 0 Å². The molecule has 7 heteroatoms. The second-order valence-electron chi connectivity index (χ2n) is 7.14. The van der Waals surface area contributed by atoms with Gasteiger partial charge in [-0.25, -0.2) is 0 Å². The number of fused-ring (bicyclic) bond motifs is 1. The first-order valence-corrected chi connectivity index (χ1v) is 9.40. The Bertz CT molecular complexity index is 894. The van der Waals surface area contributed by atoms with Crippen LogP contribution in [0.2, 0.25) is 0 Å². The summed E-state index contributed by atoms with van der Waals surface area (Å²) >= 11 is 0. The van der Waals surface area contributed by atoms with Crippen molar-refractivity contribution in [1.29, 1.82) is 0 Å². The molecule has 3 heterocycles. The van der Waals surface area contributed by atoms with Crippen LogP contribution >= 0.6 is 0 Å². The summed E-state index contributed by atoms with van der Waals surface area (Å²) in [6.07, 6.45) is 4.73. The Hall–Kier alpha value is -2.64. The van der Waals surface area contributed by atoms with Gasteiger partial charge in [-0.3, -0.25) is 9.89 Å². The second kappa shape index (κ2) is 7.94. The number of hydrogen-bond donors (Lipinski definition) is 2. The normalized spacial score (nSPS) is 16.0. The Morgan fingerprint density at radius 2 is 2.07 bits per heavy atom. The fourth-order valence-electron chi connectivity index (χ4n) is 3.45. The monoisotopic (exact) mass is 367 g/mol. The number of rotatable bonds is 6. The summed E-state index contributed by atoms with van der Waals surface area (Å²) in [6.45, 7) is 5.34. The van der Waals surface area contributed by atoms with E-state index in [0.29, 0.717) is 12.2 Å². The molecule has 0 aliphatic carbocycles. The molecule has 1 saturated heterocycles. The molecule has 3 aromatic rings. The predicted octanol–water partition coefficient (Wildman–Crippen LogP) is 2.79. The van der Waals surface area contributed by atoms with E-state index in [-0.39, 0.29) is 5.91 Å². The molecule has 1 aliphatic rings. The van der Waals surface area contributed by atoms with Gasteiger partial charge in [-0.1, -0.05) is 6.07 Å². The first-order valence-electron chi connectivity index (χ1n) is 9.40. The summed E-state index contributed by atoms with van der Waals surface area (Å²) in [5, 5.41) is 11.1. The predicted molar refractivity (Wildman–Crippen MR) is 106 cm³/mol. The third-order valence-electron chi connectivity index (χ3n) is 5.15. The fourth-order valence-corrected chi connectivity index (χ4v) is 3.45. The zero-order chi connectivity index (χ0) is 18.6. The van der Waals surface area contributed by atoms with Crippen LogP contribution in [-0.4, -0.2) is 65.7 Å². The van der Waals surface area contributed by atoms with E-state index in [4.69, 9.17) is 4.42 Å². The molecule has 1 amide bonds. The number of benzene rings is 1. The van der Waals surface area contributed by atoms with Gasteiger partial charge >= 0.3 is 0 Å². The highest BCUT2D eigenvalue weighted by molar-refractivity contribution is 6.00. The highest BCUT2D eigenvalue weighted by atomic mass is 16.3. The molecule has 2 N–H and O–H groups in total. The number of nitrogens with one attached hydrogen (secondary N) is 2. The van der Waals surface area contributed by atoms with Gasteiger partial charge < -0.3 is 19.5 Å². The van der Waals surface area contributed by atoms with E-state index >= 15 is 0 Å². The lowest BCUT2D eigenvalue weighted by Crippen LogP contribution is -2.44. The van der Waals surface area contributed by atoms with Crippen LogP contribution in [0.1, 0.15) is 12.8 Å². The maximum absolute atomic E-state index is 12.3. The molecule has 0 spiro atoms. The number of hydrogen-bond acceptors (Lipinski definition) is 5. The Labute approximate surface area is 158 Å². The van der Waals surface area contributed by atoms with Crippen LogP contribution < -0.4 is 5.32 Å². The topological polar surface area (TPSA) is 77.4 Å².